The molecule has 0 radical (unpaired) electrons. The molecular weight excluding hydrogens is 324 g/mol. The lowest BCUT2D eigenvalue weighted by molar-refractivity contribution is -0.147. The van der Waals surface area contributed by atoms with Crippen LogP contribution >= 0.6 is 11.6 Å². The van der Waals surface area contributed by atoms with E-state index in [1.54, 1.807) is 24.3 Å². The third-order valence-electron chi connectivity index (χ3n) is 3.51. The molecule has 3 rings (SSSR count). The van der Waals surface area contributed by atoms with E-state index in [4.69, 9.17) is 20.9 Å². The van der Waals surface area contributed by atoms with Gasteiger partial charge >= 0.3 is 5.97 Å². The second-order valence-corrected chi connectivity index (χ2v) is 5.45. The summed E-state index contributed by atoms with van der Waals surface area (Å²) in [5.74, 6) is -1.23. The lowest BCUT2D eigenvalue weighted by atomic mass is 10.1. The molecule has 1 N–H and O–H groups in total. The first kappa shape index (κ1) is 15.5. The Kier molecular flexibility index (Phi) is 4.31. The minimum absolute atomic E-state index is 0.0416. The average molecular weight is 337 g/mol. The molecule has 120 valence electrons. The lowest BCUT2D eigenvalue weighted by Gasteiger charge is -2.32. The second-order valence-electron chi connectivity index (χ2n) is 5.01. The number of carboxylic acids is 1. The predicted octanol–water partition coefficient (Wildman–Crippen LogP) is 1.92. The van der Waals surface area contributed by atoms with Crippen LogP contribution in [0, 0.1) is 0 Å². The summed E-state index contributed by atoms with van der Waals surface area (Å²) in [5, 5.41) is 13.5. The van der Waals surface area contributed by atoms with Crippen LogP contribution in [-0.4, -0.2) is 52.8 Å². The number of hydrogen-bond donors (Lipinski definition) is 1. The fourth-order valence-electron chi connectivity index (χ4n) is 2.35. The summed E-state index contributed by atoms with van der Waals surface area (Å²) in [4.78, 5) is 24.9. The van der Waals surface area contributed by atoms with E-state index < -0.39 is 17.9 Å². The molecule has 1 aliphatic heterocycles. The molecule has 0 unspecified atom stereocenters. The summed E-state index contributed by atoms with van der Waals surface area (Å²) >= 11 is 5.92. The van der Waals surface area contributed by atoms with Crippen LogP contribution < -0.4 is 0 Å². The Balaban J connectivity index is 1.84. The fraction of sp³-hybridized carbons (Fsp3) is 0.267. The number of amides is 1. The molecule has 1 amide bonds. The summed E-state index contributed by atoms with van der Waals surface area (Å²) < 4.78 is 10.3. The molecule has 0 saturated carbocycles. The van der Waals surface area contributed by atoms with Crippen LogP contribution in [0.5, 0.6) is 0 Å². The van der Waals surface area contributed by atoms with Crippen molar-refractivity contribution in [3.63, 3.8) is 0 Å². The molecule has 7 nitrogen and oxygen atoms in total. The van der Waals surface area contributed by atoms with Crippen molar-refractivity contribution in [3.05, 3.63) is 41.0 Å². The molecule has 1 aromatic heterocycles. The highest BCUT2D eigenvalue weighted by molar-refractivity contribution is 6.30. The van der Waals surface area contributed by atoms with Gasteiger partial charge in [-0.2, -0.15) is 0 Å². The predicted molar refractivity (Wildman–Crippen MR) is 80.2 cm³/mol. The van der Waals surface area contributed by atoms with Crippen molar-refractivity contribution in [3.8, 4) is 11.3 Å². The standard InChI is InChI=1S/C15H13ClN2O5/c16-10-3-1-2-9(6-10)13-7-11(17-23-13)14(19)18-4-5-22-8-12(18)15(20)21/h1-3,6-7,12H,4-5,8H2,(H,20,21)/t12-/m1/s1. The van der Waals surface area contributed by atoms with Gasteiger partial charge in [0.1, 0.15) is 0 Å². The molecule has 1 aliphatic rings. The number of ether oxygens (including phenoxy) is 1. The van der Waals surface area contributed by atoms with Gasteiger partial charge in [-0.05, 0) is 12.1 Å². The van der Waals surface area contributed by atoms with Gasteiger partial charge < -0.3 is 19.3 Å². The van der Waals surface area contributed by atoms with E-state index in [0.29, 0.717) is 16.3 Å². The largest absolute Gasteiger partial charge is 0.480 e. The Bertz CT molecular complexity index is 745. The number of nitrogens with zero attached hydrogens (tertiary/aromatic N) is 2. The zero-order chi connectivity index (χ0) is 16.4. The molecule has 8 heteroatoms. The molecule has 0 bridgehead atoms. The second kappa shape index (κ2) is 6.39. The number of carboxylic acid groups (broad SMARTS) is 1. The summed E-state index contributed by atoms with van der Waals surface area (Å²) in [6.07, 6.45) is 0. The van der Waals surface area contributed by atoms with Crippen molar-refractivity contribution < 1.29 is 24.0 Å². The molecule has 0 aliphatic carbocycles. The van der Waals surface area contributed by atoms with Crippen molar-refractivity contribution in [2.75, 3.05) is 19.8 Å². The Labute approximate surface area is 136 Å². The summed E-state index contributed by atoms with van der Waals surface area (Å²) in [7, 11) is 0. The van der Waals surface area contributed by atoms with Crippen LogP contribution in [0.4, 0.5) is 0 Å². The number of halogens is 1. The first-order valence-corrected chi connectivity index (χ1v) is 7.28. The molecule has 1 atom stereocenters. The fourth-order valence-corrected chi connectivity index (χ4v) is 2.54. The Morgan fingerprint density at radius 2 is 2.17 bits per heavy atom. The molecule has 0 spiro atoms. The van der Waals surface area contributed by atoms with Crippen molar-refractivity contribution in [1.29, 1.82) is 0 Å². The lowest BCUT2D eigenvalue weighted by Crippen LogP contribution is -2.52. The number of hydrogen-bond acceptors (Lipinski definition) is 5. The Hall–Kier alpha value is -2.38. The van der Waals surface area contributed by atoms with Gasteiger partial charge in [-0.15, -0.1) is 0 Å². The van der Waals surface area contributed by atoms with Gasteiger partial charge in [-0.3, -0.25) is 4.79 Å². The summed E-state index contributed by atoms with van der Waals surface area (Å²) in [6.45, 7) is 0.434. The van der Waals surface area contributed by atoms with E-state index in [2.05, 4.69) is 5.16 Å². The molecule has 1 aromatic carbocycles. The minimum atomic E-state index is -1.11. The minimum Gasteiger partial charge on any atom is -0.480 e. The van der Waals surface area contributed by atoms with E-state index in [0.717, 1.165) is 0 Å². The van der Waals surface area contributed by atoms with Crippen molar-refractivity contribution in [2.24, 2.45) is 0 Å². The number of rotatable bonds is 3. The number of morpholine rings is 1. The molecule has 1 saturated heterocycles. The molecule has 2 aromatic rings. The molecule has 23 heavy (non-hydrogen) atoms. The number of aliphatic carboxylic acids is 1. The van der Waals surface area contributed by atoms with E-state index in [1.807, 2.05) is 0 Å². The maximum Gasteiger partial charge on any atom is 0.328 e. The van der Waals surface area contributed by atoms with E-state index in [1.165, 1.54) is 11.0 Å². The first-order valence-electron chi connectivity index (χ1n) is 6.90. The van der Waals surface area contributed by atoms with E-state index in [9.17, 15) is 14.7 Å². The number of carbonyl (C=O) groups is 2. The van der Waals surface area contributed by atoms with Gasteiger partial charge in [-0.1, -0.05) is 28.9 Å². The van der Waals surface area contributed by atoms with Crippen LogP contribution in [0.3, 0.4) is 0 Å². The van der Waals surface area contributed by atoms with Crippen molar-refractivity contribution in [1.82, 2.24) is 10.1 Å². The van der Waals surface area contributed by atoms with E-state index in [-0.39, 0.29) is 25.5 Å². The molecule has 2 heterocycles. The monoisotopic (exact) mass is 336 g/mol. The highest BCUT2D eigenvalue weighted by atomic mass is 35.5. The van der Waals surface area contributed by atoms with Crippen LogP contribution in [0.1, 0.15) is 10.5 Å². The molecular formula is C15H13ClN2O5. The smallest absolute Gasteiger partial charge is 0.328 e. The van der Waals surface area contributed by atoms with Gasteiger partial charge in [0, 0.05) is 23.2 Å². The average Bonchev–Trinajstić information content (AvgIpc) is 3.04. The van der Waals surface area contributed by atoms with Gasteiger partial charge in [0.05, 0.1) is 13.2 Å². The highest BCUT2D eigenvalue weighted by Crippen LogP contribution is 2.24. The normalized spacial score (nSPS) is 18.0. The zero-order valence-corrected chi connectivity index (χ0v) is 12.7. The Morgan fingerprint density at radius 1 is 1.35 bits per heavy atom. The SMILES string of the molecule is O=C(O)[C@H]1COCCN1C(=O)c1cc(-c2cccc(Cl)c2)on1. The first-order chi connectivity index (χ1) is 11.1. The van der Waals surface area contributed by atoms with Crippen LogP contribution in [0.15, 0.2) is 34.9 Å². The van der Waals surface area contributed by atoms with Crippen LogP contribution in [0.2, 0.25) is 5.02 Å². The summed E-state index contributed by atoms with van der Waals surface area (Å²) in [6, 6.07) is 7.38. The van der Waals surface area contributed by atoms with E-state index >= 15 is 0 Å². The molecule has 1 fully saturated rings. The van der Waals surface area contributed by atoms with Gasteiger partial charge in [0.2, 0.25) is 0 Å². The number of carbonyl (C=O) groups excluding carboxylic acids is 1. The van der Waals surface area contributed by atoms with Crippen LogP contribution in [0.25, 0.3) is 11.3 Å². The number of benzene rings is 1. The highest BCUT2D eigenvalue weighted by Gasteiger charge is 2.34. The Morgan fingerprint density at radius 3 is 2.91 bits per heavy atom. The quantitative estimate of drug-likeness (QED) is 0.920. The maximum atomic E-state index is 12.5. The summed E-state index contributed by atoms with van der Waals surface area (Å²) in [5.41, 5.74) is 0.730. The van der Waals surface area contributed by atoms with Crippen molar-refractivity contribution in [2.45, 2.75) is 6.04 Å². The van der Waals surface area contributed by atoms with Gasteiger partial charge in [-0.25, -0.2) is 4.79 Å². The third-order valence-corrected chi connectivity index (χ3v) is 3.75. The number of aromatic nitrogens is 1. The van der Waals surface area contributed by atoms with Gasteiger partial charge in [0.25, 0.3) is 5.91 Å². The third kappa shape index (κ3) is 3.20. The topological polar surface area (TPSA) is 92.9 Å². The van der Waals surface area contributed by atoms with Crippen molar-refractivity contribution >= 4 is 23.5 Å². The van der Waals surface area contributed by atoms with Gasteiger partial charge in [0.15, 0.2) is 17.5 Å². The zero-order valence-electron chi connectivity index (χ0n) is 11.9. The maximum absolute atomic E-state index is 12.5. The van der Waals surface area contributed by atoms with Crippen LogP contribution in [-0.2, 0) is 9.53 Å².